The molecule has 4 aromatic rings. The van der Waals surface area contributed by atoms with Crippen LogP contribution in [-0.2, 0) is 20.2 Å². The van der Waals surface area contributed by atoms with Gasteiger partial charge in [-0.1, -0.05) is 18.2 Å². The first kappa shape index (κ1) is 23.0. The molecule has 1 aromatic heterocycles. The minimum Gasteiger partial charge on any atom is -0.486 e. The molecule has 0 fully saturated rings. The van der Waals surface area contributed by atoms with Crippen molar-refractivity contribution >= 4 is 17.5 Å². The van der Waals surface area contributed by atoms with E-state index in [1.165, 1.54) is 0 Å². The smallest absolute Gasteiger partial charge is 0.255 e. The van der Waals surface area contributed by atoms with Crippen LogP contribution in [0.1, 0.15) is 32.1 Å². The molecule has 5 rings (SSSR count). The van der Waals surface area contributed by atoms with Crippen LogP contribution in [-0.4, -0.2) is 28.2 Å². The van der Waals surface area contributed by atoms with E-state index in [1.54, 1.807) is 54.7 Å². The quantitative estimate of drug-likeness (QED) is 0.393. The van der Waals surface area contributed by atoms with Crippen molar-refractivity contribution in [3.05, 3.63) is 102 Å². The highest BCUT2D eigenvalue weighted by Crippen LogP contribution is 2.32. The number of carbonyl (C=O) groups is 2. The van der Waals surface area contributed by atoms with E-state index in [0.717, 1.165) is 11.4 Å². The number of imidazole rings is 1. The largest absolute Gasteiger partial charge is 0.486 e. The van der Waals surface area contributed by atoms with Gasteiger partial charge in [-0.3, -0.25) is 9.59 Å². The van der Waals surface area contributed by atoms with E-state index in [0.29, 0.717) is 47.2 Å². The molecule has 2 heterocycles. The number of amides is 2. The number of nitrogens with zero attached hydrogens (tertiary/aromatic N) is 2. The van der Waals surface area contributed by atoms with Gasteiger partial charge in [0.05, 0.1) is 11.3 Å². The van der Waals surface area contributed by atoms with Crippen molar-refractivity contribution in [2.75, 3.05) is 12.1 Å². The number of fused-ring (bicyclic) bond motifs is 1. The molecule has 9 heteroatoms. The van der Waals surface area contributed by atoms with Crippen molar-refractivity contribution in [2.45, 2.75) is 13.2 Å². The molecular weight excluding hydrogens is 460 g/mol. The summed E-state index contributed by atoms with van der Waals surface area (Å²) in [6.45, 7) is 0.820. The van der Waals surface area contributed by atoms with E-state index in [4.69, 9.17) is 14.2 Å². The van der Waals surface area contributed by atoms with E-state index in [-0.39, 0.29) is 18.6 Å². The third kappa shape index (κ3) is 5.15. The summed E-state index contributed by atoms with van der Waals surface area (Å²) in [5.74, 6) is 2.12. The number of aromatic nitrogens is 2. The van der Waals surface area contributed by atoms with Crippen LogP contribution in [0.5, 0.6) is 17.2 Å². The molecule has 2 N–H and O–H groups in total. The molecule has 3 aromatic carbocycles. The zero-order valence-corrected chi connectivity index (χ0v) is 19.6. The molecule has 0 aliphatic carbocycles. The molecule has 0 bridgehead atoms. The molecule has 182 valence electrons. The van der Waals surface area contributed by atoms with Crippen molar-refractivity contribution in [1.82, 2.24) is 14.9 Å². The van der Waals surface area contributed by atoms with E-state index in [1.807, 2.05) is 36.0 Å². The summed E-state index contributed by atoms with van der Waals surface area (Å²) in [5.41, 5.74) is 2.09. The minimum absolute atomic E-state index is 0.193. The van der Waals surface area contributed by atoms with Gasteiger partial charge in [0, 0.05) is 31.5 Å². The number of nitrogens with one attached hydrogen (secondary N) is 2. The zero-order chi connectivity index (χ0) is 24.9. The summed E-state index contributed by atoms with van der Waals surface area (Å²) < 4.78 is 18.3. The highest BCUT2D eigenvalue weighted by molar-refractivity contribution is 6.09. The molecule has 0 spiro atoms. The van der Waals surface area contributed by atoms with Gasteiger partial charge in [-0.15, -0.1) is 0 Å². The lowest BCUT2D eigenvalue weighted by atomic mass is 10.1. The molecule has 1 aliphatic rings. The topological polar surface area (TPSA) is 104 Å². The molecule has 0 atom stereocenters. The van der Waals surface area contributed by atoms with Crippen molar-refractivity contribution < 1.29 is 23.8 Å². The number of hydrogen-bond acceptors (Lipinski definition) is 6. The second-order valence-corrected chi connectivity index (χ2v) is 8.14. The van der Waals surface area contributed by atoms with Gasteiger partial charge in [-0.2, -0.15) is 0 Å². The van der Waals surface area contributed by atoms with Crippen LogP contribution in [0, 0.1) is 0 Å². The fourth-order valence-electron chi connectivity index (χ4n) is 3.70. The molecule has 9 nitrogen and oxygen atoms in total. The Balaban J connectivity index is 1.20. The summed E-state index contributed by atoms with van der Waals surface area (Å²) in [6, 6.07) is 19.2. The number of ether oxygens (including phenoxy) is 3. The molecular formula is C27H24N4O5. The Labute approximate surface area is 207 Å². The predicted molar refractivity (Wildman–Crippen MR) is 132 cm³/mol. The molecule has 0 radical (unpaired) electrons. The van der Waals surface area contributed by atoms with Crippen molar-refractivity contribution in [2.24, 2.45) is 7.05 Å². The normalized spacial score (nSPS) is 11.7. The predicted octanol–water partition coefficient (Wildman–Crippen LogP) is 3.91. The Morgan fingerprint density at radius 2 is 1.81 bits per heavy atom. The van der Waals surface area contributed by atoms with Gasteiger partial charge in [0.25, 0.3) is 11.8 Å². The standard InChI is InChI=1S/C27H24N4O5/c1-31-13-12-28-25(31)16-34-20-9-7-19(8-10-20)26(32)30-22-5-3-2-4-21(22)27(33)29-15-18-6-11-23-24(14-18)36-17-35-23/h2-14H,15-17H2,1H3,(H,29,33)(H,30,32). The molecule has 0 saturated heterocycles. The maximum atomic E-state index is 12.9. The number of para-hydroxylation sites is 1. The molecule has 2 amide bonds. The average Bonchev–Trinajstić information content (AvgIpc) is 3.54. The zero-order valence-electron chi connectivity index (χ0n) is 19.6. The highest BCUT2D eigenvalue weighted by atomic mass is 16.7. The van der Waals surface area contributed by atoms with Crippen LogP contribution in [0.25, 0.3) is 0 Å². The summed E-state index contributed by atoms with van der Waals surface area (Å²) >= 11 is 0. The van der Waals surface area contributed by atoms with E-state index in [9.17, 15) is 9.59 Å². The average molecular weight is 485 g/mol. The third-order valence-corrected chi connectivity index (χ3v) is 5.72. The van der Waals surface area contributed by atoms with Crippen LogP contribution in [0.4, 0.5) is 5.69 Å². The van der Waals surface area contributed by atoms with Crippen LogP contribution >= 0.6 is 0 Å². The Hall–Kier alpha value is -4.79. The van der Waals surface area contributed by atoms with Crippen LogP contribution < -0.4 is 24.8 Å². The van der Waals surface area contributed by atoms with E-state index in [2.05, 4.69) is 15.6 Å². The van der Waals surface area contributed by atoms with E-state index < -0.39 is 0 Å². The molecule has 36 heavy (non-hydrogen) atoms. The SMILES string of the molecule is Cn1ccnc1COc1ccc(C(=O)Nc2ccccc2C(=O)NCc2ccc3c(c2)OCO3)cc1. The van der Waals surface area contributed by atoms with Crippen molar-refractivity contribution in [3.63, 3.8) is 0 Å². The summed E-state index contributed by atoms with van der Waals surface area (Å²) in [5, 5.41) is 5.72. The number of aryl methyl sites for hydroxylation is 1. The third-order valence-electron chi connectivity index (χ3n) is 5.72. The van der Waals surface area contributed by atoms with Gasteiger partial charge < -0.3 is 29.4 Å². The first-order chi connectivity index (χ1) is 17.6. The molecule has 0 saturated carbocycles. The van der Waals surface area contributed by atoms with Crippen LogP contribution in [0.15, 0.2) is 79.1 Å². The van der Waals surface area contributed by atoms with Crippen LogP contribution in [0.3, 0.4) is 0 Å². The number of carbonyl (C=O) groups excluding carboxylic acids is 2. The number of anilines is 1. The Morgan fingerprint density at radius 3 is 2.61 bits per heavy atom. The second-order valence-electron chi connectivity index (χ2n) is 8.14. The van der Waals surface area contributed by atoms with Crippen LogP contribution in [0.2, 0.25) is 0 Å². The van der Waals surface area contributed by atoms with Gasteiger partial charge in [0.15, 0.2) is 11.5 Å². The summed E-state index contributed by atoms with van der Waals surface area (Å²) in [7, 11) is 1.90. The van der Waals surface area contributed by atoms with Crippen molar-refractivity contribution in [3.8, 4) is 17.2 Å². The van der Waals surface area contributed by atoms with Gasteiger partial charge in [0.1, 0.15) is 18.2 Å². The lowest BCUT2D eigenvalue weighted by Crippen LogP contribution is -2.24. The van der Waals surface area contributed by atoms with Gasteiger partial charge in [-0.05, 0) is 54.1 Å². The lowest BCUT2D eigenvalue weighted by molar-refractivity contribution is 0.0951. The fraction of sp³-hybridized carbons (Fsp3) is 0.148. The van der Waals surface area contributed by atoms with Gasteiger partial charge >= 0.3 is 0 Å². The molecule has 0 unspecified atom stereocenters. The van der Waals surface area contributed by atoms with Gasteiger partial charge in [0.2, 0.25) is 6.79 Å². The minimum atomic E-state index is -0.332. The second kappa shape index (κ2) is 10.2. The monoisotopic (exact) mass is 484 g/mol. The first-order valence-electron chi connectivity index (χ1n) is 11.3. The Kier molecular flexibility index (Phi) is 6.53. The van der Waals surface area contributed by atoms with Gasteiger partial charge in [-0.25, -0.2) is 4.98 Å². The summed E-state index contributed by atoms with van der Waals surface area (Å²) in [6.07, 6.45) is 3.56. The van der Waals surface area contributed by atoms with Crippen molar-refractivity contribution in [1.29, 1.82) is 0 Å². The summed E-state index contributed by atoms with van der Waals surface area (Å²) in [4.78, 5) is 30.0. The Bertz CT molecular complexity index is 1400. The number of hydrogen-bond donors (Lipinski definition) is 2. The fourth-order valence-corrected chi connectivity index (χ4v) is 3.70. The maximum Gasteiger partial charge on any atom is 0.255 e. The number of benzene rings is 3. The number of rotatable bonds is 8. The first-order valence-corrected chi connectivity index (χ1v) is 11.3. The maximum absolute atomic E-state index is 12.9. The Morgan fingerprint density at radius 1 is 1.00 bits per heavy atom. The van der Waals surface area contributed by atoms with E-state index >= 15 is 0 Å². The highest BCUT2D eigenvalue weighted by Gasteiger charge is 2.16. The lowest BCUT2D eigenvalue weighted by Gasteiger charge is -2.12. The molecule has 1 aliphatic heterocycles.